The second kappa shape index (κ2) is 7.58. The Hall–Kier alpha value is -2.21. The molecule has 0 amide bonds. The molecule has 0 fully saturated rings. The molecule has 0 unspecified atom stereocenters. The Labute approximate surface area is 158 Å². The number of aromatic nitrogens is 3. The van der Waals surface area contributed by atoms with Gasteiger partial charge in [-0.1, -0.05) is 29.8 Å². The molecule has 1 atom stereocenters. The number of rotatable bonds is 5. The normalized spacial score (nSPS) is 16.5. The van der Waals surface area contributed by atoms with E-state index >= 15 is 0 Å². The molecule has 1 N–H and O–H groups in total. The Morgan fingerprint density at radius 2 is 2.08 bits per heavy atom. The number of hydrogen-bond donors (Lipinski definition) is 1. The highest BCUT2D eigenvalue weighted by atomic mass is 35.5. The summed E-state index contributed by atoms with van der Waals surface area (Å²) in [6.45, 7) is 4.83. The van der Waals surface area contributed by atoms with E-state index in [1.54, 1.807) is 0 Å². The van der Waals surface area contributed by atoms with Crippen molar-refractivity contribution in [2.45, 2.75) is 32.7 Å². The van der Waals surface area contributed by atoms with E-state index in [0.29, 0.717) is 6.61 Å². The summed E-state index contributed by atoms with van der Waals surface area (Å²) in [5.41, 5.74) is 4.30. The fourth-order valence-corrected chi connectivity index (χ4v) is 3.34. The van der Waals surface area contributed by atoms with Crippen LogP contribution in [-0.4, -0.2) is 27.2 Å². The minimum Gasteiger partial charge on any atom is -0.367 e. The van der Waals surface area contributed by atoms with Gasteiger partial charge in [-0.2, -0.15) is 0 Å². The molecule has 2 aromatic heterocycles. The molecule has 26 heavy (non-hydrogen) atoms. The summed E-state index contributed by atoms with van der Waals surface area (Å²) in [6, 6.07) is 13.9. The second-order valence-electron chi connectivity index (χ2n) is 6.51. The Balaban J connectivity index is 1.41. The van der Waals surface area contributed by atoms with Crippen LogP contribution in [-0.2, 0) is 24.4 Å². The lowest BCUT2D eigenvalue weighted by Gasteiger charge is -2.26. The van der Waals surface area contributed by atoms with E-state index in [0.717, 1.165) is 53.1 Å². The summed E-state index contributed by atoms with van der Waals surface area (Å²) < 4.78 is 8.19. The van der Waals surface area contributed by atoms with E-state index < -0.39 is 0 Å². The summed E-state index contributed by atoms with van der Waals surface area (Å²) in [7, 11) is 0. The molecule has 0 bridgehead atoms. The zero-order valence-electron chi connectivity index (χ0n) is 14.7. The van der Waals surface area contributed by atoms with E-state index in [1.807, 2.05) is 55.6 Å². The van der Waals surface area contributed by atoms with Crippen LogP contribution in [0, 0.1) is 6.92 Å². The van der Waals surface area contributed by atoms with Crippen molar-refractivity contribution < 1.29 is 4.74 Å². The highest BCUT2D eigenvalue weighted by molar-refractivity contribution is 6.30. The zero-order chi connectivity index (χ0) is 17.9. The average Bonchev–Trinajstić information content (AvgIpc) is 3.06. The fourth-order valence-electron chi connectivity index (χ4n) is 3.22. The molecule has 0 spiro atoms. The van der Waals surface area contributed by atoms with Crippen LogP contribution in [0.5, 0.6) is 0 Å². The molecule has 1 aliphatic heterocycles. The van der Waals surface area contributed by atoms with E-state index in [2.05, 4.69) is 19.9 Å². The van der Waals surface area contributed by atoms with Gasteiger partial charge in [0.05, 0.1) is 30.2 Å². The van der Waals surface area contributed by atoms with Crippen molar-refractivity contribution in [2.24, 2.45) is 0 Å². The third kappa shape index (κ3) is 3.80. The van der Waals surface area contributed by atoms with Gasteiger partial charge in [0.15, 0.2) is 0 Å². The van der Waals surface area contributed by atoms with E-state index in [9.17, 15) is 0 Å². The largest absolute Gasteiger partial charge is 0.367 e. The van der Waals surface area contributed by atoms with E-state index in [1.165, 1.54) is 0 Å². The van der Waals surface area contributed by atoms with Gasteiger partial charge in [-0.25, -0.2) is 4.98 Å². The molecule has 0 aliphatic carbocycles. The number of hydrogen-bond acceptors (Lipinski definition) is 4. The maximum Gasteiger partial charge on any atom is 0.135 e. The van der Waals surface area contributed by atoms with E-state index in [4.69, 9.17) is 16.3 Å². The Bertz CT molecular complexity index is 891. The second-order valence-corrected chi connectivity index (χ2v) is 6.95. The van der Waals surface area contributed by atoms with Crippen LogP contribution >= 0.6 is 11.6 Å². The van der Waals surface area contributed by atoms with Crippen LogP contribution in [0.4, 0.5) is 0 Å². The number of nitrogens with one attached hydrogen (secondary N) is 1. The van der Waals surface area contributed by atoms with Crippen LogP contribution in [0.15, 0.2) is 48.7 Å². The quantitative estimate of drug-likeness (QED) is 0.747. The van der Waals surface area contributed by atoms with Crippen LogP contribution in [0.3, 0.4) is 0 Å². The first-order chi connectivity index (χ1) is 12.7. The Morgan fingerprint density at radius 1 is 1.23 bits per heavy atom. The standard InChI is InChI=1S/C20H21ClN4O/c1-14-3-2-4-17(24-14)9-22-10-18-12-25-19(11-23-20(25)13-26-18)15-5-7-16(21)8-6-15/h2-8,11,18,22H,9-10,12-13H2,1H3/t18-/m0/s1. The van der Waals surface area contributed by atoms with Gasteiger partial charge < -0.3 is 14.6 Å². The third-order valence-corrected chi connectivity index (χ3v) is 4.79. The highest BCUT2D eigenvalue weighted by Gasteiger charge is 2.22. The fraction of sp³-hybridized carbons (Fsp3) is 0.300. The number of nitrogens with zero attached hydrogens (tertiary/aromatic N) is 3. The molecule has 0 saturated heterocycles. The van der Waals surface area contributed by atoms with Crippen LogP contribution in [0.1, 0.15) is 17.2 Å². The third-order valence-electron chi connectivity index (χ3n) is 4.54. The van der Waals surface area contributed by atoms with Gasteiger partial charge in [0.1, 0.15) is 12.4 Å². The minimum absolute atomic E-state index is 0.104. The monoisotopic (exact) mass is 368 g/mol. The van der Waals surface area contributed by atoms with Gasteiger partial charge in [0.25, 0.3) is 0 Å². The lowest BCUT2D eigenvalue weighted by Crippen LogP contribution is -2.36. The summed E-state index contributed by atoms with van der Waals surface area (Å²) >= 11 is 6.00. The average molecular weight is 369 g/mol. The van der Waals surface area contributed by atoms with Crippen LogP contribution in [0.25, 0.3) is 11.3 Å². The maximum absolute atomic E-state index is 6.00. The first-order valence-electron chi connectivity index (χ1n) is 8.74. The summed E-state index contributed by atoms with van der Waals surface area (Å²) in [5, 5.41) is 4.19. The molecule has 0 radical (unpaired) electrons. The summed E-state index contributed by atoms with van der Waals surface area (Å²) in [4.78, 5) is 9.02. The Kier molecular flexibility index (Phi) is 5.02. The Morgan fingerprint density at radius 3 is 2.88 bits per heavy atom. The van der Waals surface area contributed by atoms with Gasteiger partial charge in [0, 0.05) is 23.8 Å². The van der Waals surface area contributed by atoms with Crippen LogP contribution < -0.4 is 5.32 Å². The number of aryl methyl sites for hydroxylation is 1. The molecular weight excluding hydrogens is 348 g/mol. The zero-order valence-corrected chi connectivity index (χ0v) is 15.4. The number of benzene rings is 1. The number of halogens is 1. The van der Waals surface area contributed by atoms with Crippen LogP contribution in [0.2, 0.25) is 5.02 Å². The first-order valence-corrected chi connectivity index (χ1v) is 9.12. The van der Waals surface area contributed by atoms with Crippen molar-refractivity contribution in [1.29, 1.82) is 0 Å². The minimum atomic E-state index is 0.104. The first kappa shape index (κ1) is 17.2. The predicted octanol–water partition coefficient (Wildman–Crippen LogP) is 3.60. The van der Waals surface area contributed by atoms with Gasteiger partial charge in [-0.3, -0.25) is 4.98 Å². The molecule has 3 heterocycles. The molecule has 4 rings (SSSR count). The topological polar surface area (TPSA) is 52.0 Å². The smallest absolute Gasteiger partial charge is 0.135 e. The van der Waals surface area contributed by atoms with Crippen molar-refractivity contribution in [3.63, 3.8) is 0 Å². The maximum atomic E-state index is 6.00. The number of imidazole rings is 1. The molecule has 1 aromatic carbocycles. The molecule has 134 valence electrons. The number of ether oxygens (including phenoxy) is 1. The number of pyridine rings is 1. The van der Waals surface area contributed by atoms with Crippen molar-refractivity contribution in [3.05, 3.63) is 70.9 Å². The van der Waals surface area contributed by atoms with Gasteiger partial charge in [-0.05, 0) is 36.8 Å². The molecule has 5 nitrogen and oxygen atoms in total. The summed E-state index contributed by atoms with van der Waals surface area (Å²) in [6.07, 6.45) is 2.02. The van der Waals surface area contributed by atoms with Crippen molar-refractivity contribution in [2.75, 3.05) is 6.54 Å². The molecule has 3 aromatic rings. The molecular formula is C20H21ClN4O. The van der Waals surface area contributed by atoms with Gasteiger partial charge in [-0.15, -0.1) is 0 Å². The lowest BCUT2D eigenvalue weighted by atomic mass is 10.1. The van der Waals surface area contributed by atoms with Crippen molar-refractivity contribution in [1.82, 2.24) is 19.9 Å². The van der Waals surface area contributed by atoms with Crippen molar-refractivity contribution in [3.8, 4) is 11.3 Å². The van der Waals surface area contributed by atoms with Gasteiger partial charge >= 0.3 is 0 Å². The lowest BCUT2D eigenvalue weighted by molar-refractivity contribution is 0.00322. The van der Waals surface area contributed by atoms with E-state index in [-0.39, 0.29) is 6.10 Å². The molecule has 6 heteroatoms. The van der Waals surface area contributed by atoms with Gasteiger partial charge in [0.2, 0.25) is 0 Å². The molecule has 0 saturated carbocycles. The summed E-state index contributed by atoms with van der Waals surface area (Å²) in [5.74, 6) is 0.964. The predicted molar refractivity (Wildman–Crippen MR) is 102 cm³/mol. The SMILES string of the molecule is Cc1cccc(CNC[C@H]2Cn3c(-c4ccc(Cl)cc4)cnc3CO2)n1. The highest BCUT2D eigenvalue weighted by Crippen LogP contribution is 2.26. The molecule has 1 aliphatic rings. The van der Waals surface area contributed by atoms with Crippen molar-refractivity contribution >= 4 is 11.6 Å². The number of fused-ring (bicyclic) bond motifs is 1.